The van der Waals surface area contributed by atoms with E-state index in [2.05, 4.69) is 74.3 Å². The highest BCUT2D eigenvalue weighted by Crippen LogP contribution is 2.17. The van der Waals surface area contributed by atoms with Crippen LogP contribution in [0.1, 0.15) is 16.7 Å². The zero-order chi connectivity index (χ0) is 16.2. The van der Waals surface area contributed by atoms with Crippen molar-refractivity contribution < 1.29 is 0 Å². The Morgan fingerprint density at radius 2 is 1.35 bits per heavy atom. The molecule has 114 valence electrons. The van der Waals surface area contributed by atoms with Gasteiger partial charge in [-0.05, 0) is 49.2 Å². The number of aromatic nitrogens is 1. The quantitative estimate of drug-likeness (QED) is 0.388. The summed E-state index contributed by atoms with van der Waals surface area (Å²) in [6.45, 7) is 6.35. The van der Waals surface area contributed by atoms with E-state index in [1.54, 1.807) is 0 Å². The van der Waals surface area contributed by atoms with Gasteiger partial charge in [0, 0.05) is 11.6 Å². The van der Waals surface area contributed by atoms with E-state index in [4.69, 9.17) is 0 Å². The third-order valence-corrected chi connectivity index (χ3v) is 4.01. The summed E-state index contributed by atoms with van der Waals surface area (Å²) in [4.78, 5) is 4.24. The summed E-state index contributed by atoms with van der Waals surface area (Å²) in [5.41, 5.74) is 5.02. The third-order valence-electron chi connectivity index (χ3n) is 4.01. The SMILES string of the molecule is Cc1ccc2ccc(C)cc2c1.Cc1cccc2ncccc12. The predicted octanol–water partition coefficient (Wildman–Crippen LogP) is 6.00. The van der Waals surface area contributed by atoms with Crippen molar-refractivity contribution in [2.75, 3.05) is 0 Å². The van der Waals surface area contributed by atoms with Gasteiger partial charge in [0.25, 0.3) is 0 Å². The minimum absolute atomic E-state index is 1.08. The van der Waals surface area contributed by atoms with Crippen molar-refractivity contribution in [3.63, 3.8) is 0 Å². The minimum atomic E-state index is 1.08. The lowest BCUT2D eigenvalue weighted by Gasteiger charge is -1.99. The Bertz CT molecular complexity index is 912. The number of hydrogen-bond acceptors (Lipinski definition) is 1. The summed E-state index contributed by atoms with van der Waals surface area (Å²) in [5.74, 6) is 0. The number of aryl methyl sites for hydroxylation is 3. The highest BCUT2D eigenvalue weighted by Gasteiger charge is 1.94. The Morgan fingerprint density at radius 1 is 0.652 bits per heavy atom. The van der Waals surface area contributed by atoms with Crippen LogP contribution in [0.5, 0.6) is 0 Å². The van der Waals surface area contributed by atoms with Gasteiger partial charge in [0.05, 0.1) is 5.52 Å². The molecular formula is C22H21N. The molecule has 1 heteroatoms. The highest BCUT2D eigenvalue weighted by molar-refractivity contribution is 5.83. The molecule has 0 aliphatic heterocycles. The van der Waals surface area contributed by atoms with Crippen LogP contribution in [0, 0.1) is 20.8 Å². The summed E-state index contributed by atoms with van der Waals surface area (Å²) in [6.07, 6.45) is 1.82. The highest BCUT2D eigenvalue weighted by atomic mass is 14.6. The molecular weight excluding hydrogens is 278 g/mol. The van der Waals surface area contributed by atoms with E-state index in [9.17, 15) is 0 Å². The summed E-state index contributed by atoms with van der Waals surface area (Å²) in [6, 6.07) is 23.3. The van der Waals surface area contributed by atoms with Crippen molar-refractivity contribution in [1.29, 1.82) is 0 Å². The fourth-order valence-electron chi connectivity index (χ4n) is 2.74. The maximum Gasteiger partial charge on any atom is 0.0704 e. The topological polar surface area (TPSA) is 12.9 Å². The second kappa shape index (κ2) is 6.62. The lowest BCUT2D eigenvalue weighted by Crippen LogP contribution is -1.79. The molecule has 0 fully saturated rings. The van der Waals surface area contributed by atoms with Crippen LogP contribution in [0.25, 0.3) is 21.7 Å². The Morgan fingerprint density at radius 3 is 2.00 bits per heavy atom. The normalized spacial score (nSPS) is 10.4. The molecule has 1 nitrogen and oxygen atoms in total. The zero-order valence-electron chi connectivity index (χ0n) is 13.9. The summed E-state index contributed by atoms with van der Waals surface area (Å²) >= 11 is 0. The second-order valence-corrected chi connectivity index (χ2v) is 6.00. The molecule has 0 saturated heterocycles. The first-order valence-corrected chi connectivity index (χ1v) is 7.91. The van der Waals surface area contributed by atoms with E-state index in [0.717, 1.165) is 5.52 Å². The fourth-order valence-corrected chi connectivity index (χ4v) is 2.74. The molecule has 0 saturated carbocycles. The van der Waals surface area contributed by atoms with Gasteiger partial charge in [0.1, 0.15) is 0 Å². The first kappa shape index (κ1) is 15.2. The monoisotopic (exact) mass is 299 g/mol. The number of hydrogen-bond donors (Lipinski definition) is 0. The number of nitrogens with zero attached hydrogens (tertiary/aromatic N) is 1. The molecule has 0 atom stereocenters. The molecule has 0 aliphatic carbocycles. The zero-order valence-corrected chi connectivity index (χ0v) is 13.9. The van der Waals surface area contributed by atoms with E-state index in [0.29, 0.717) is 0 Å². The molecule has 0 aliphatic rings. The van der Waals surface area contributed by atoms with E-state index in [1.165, 1.54) is 32.8 Å². The molecule has 4 rings (SSSR count). The molecule has 23 heavy (non-hydrogen) atoms. The van der Waals surface area contributed by atoms with Crippen molar-refractivity contribution >= 4 is 21.7 Å². The van der Waals surface area contributed by atoms with E-state index < -0.39 is 0 Å². The first-order valence-electron chi connectivity index (χ1n) is 7.91. The van der Waals surface area contributed by atoms with Crippen LogP contribution in [0.3, 0.4) is 0 Å². The number of rotatable bonds is 0. The van der Waals surface area contributed by atoms with Crippen LogP contribution in [0.4, 0.5) is 0 Å². The van der Waals surface area contributed by atoms with Gasteiger partial charge in [-0.15, -0.1) is 0 Å². The molecule has 0 amide bonds. The van der Waals surface area contributed by atoms with Gasteiger partial charge in [0.2, 0.25) is 0 Å². The number of pyridine rings is 1. The van der Waals surface area contributed by atoms with Crippen molar-refractivity contribution in [2.45, 2.75) is 20.8 Å². The van der Waals surface area contributed by atoms with Crippen LogP contribution >= 0.6 is 0 Å². The minimum Gasteiger partial charge on any atom is -0.256 e. The molecule has 4 aromatic rings. The van der Waals surface area contributed by atoms with Crippen LogP contribution in [0.2, 0.25) is 0 Å². The average molecular weight is 299 g/mol. The smallest absolute Gasteiger partial charge is 0.0704 e. The molecule has 1 aromatic heterocycles. The Labute approximate surface area is 137 Å². The maximum absolute atomic E-state index is 4.24. The van der Waals surface area contributed by atoms with Gasteiger partial charge in [-0.1, -0.05) is 65.7 Å². The third kappa shape index (κ3) is 3.57. The van der Waals surface area contributed by atoms with Gasteiger partial charge >= 0.3 is 0 Å². The number of benzene rings is 3. The first-order chi connectivity index (χ1) is 11.1. The second-order valence-electron chi connectivity index (χ2n) is 6.00. The van der Waals surface area contributed by atoms with Crippen molar-refractivity contribution in [2.24, 2.45) is 0 Å². The van der Waals surface area contributed by atoms with Crippen LogP contribution < -0.4 is 0 Å². The van der Waals surface area contributed by atoms with Crippen LogP contribution in [-0.2, 0) is 0 Å². The standard InChI is InChI=1S/C12H12.C10H9N/c1-9-3-5-11-6-4-10(2)8-12(11)7-9;1-8-4-2-6-10-9(8)5-3-7-11-10/h3-8H,1-2H3;2-7H,1H3. The summed E-state index contributed by atoms with van der Waals surface area (Å²) < 4.78 is 0. The van der Waals surface area contributed by atoms with Gasteiger partial charge in [0.15, 0.2) is 0 Å². The lowest BCUT2D eigenvalue weighted by atomic mass is 10.1. The molecule has 0 N–H and O–H groups in total. The molecule has 0 bridgehead atoms. The predicted molar refractivity (Wildman–Crippen MR) is 99.9 cm³/mol. The van der Waals surface area contributed by atoms with Crippen LogP contribution in [-0.4, -0.2) is 4.98 Å². The van der Waals surface area contributed by atoms with Gasteiger partial charge < -0.3 is 0 Å². The van der Waals surface area contributed by atoms with Gasteiger partial charge in [-0.3, -0.25) is 4.98 Å². The molecule has 3 aromatic carbocycles. The van der Waals surface area contributed by atoms with Crippen molar-refractivity contribution in [3.05, 3.63) is 89.6 Å². The Kier molecular flexibility index (Phi) is 4.38. The lowest BCUT2D eigenvalue weighted by molar-refractivity contribution is 1.39. The van der Waals surface area contributed by atoms with Crippen molar-refractivity contribution in [1.82, 2.24) is 4.98 Å². The molecule has 0 unspecified atom stereocenters. The molecule has 1 heterocycles. The molecule has 0 radical (unpaired) electrons. The Hall–Kier alpha value is -2.67. The van der Waals surface area contributed by atoms with Gasteiger partial charge in [-0.2, -0.15) is 0 Å². The van der Waals surface area contributed by atoms with Crippen LogP contribution in [0.15, 0.2) is 72.9 Å². The molecule has 0 spiro atoms. The van der Waals surface area contributed by atoms with E-state index in [-0.39, 0.29) is 0 Å². The van der Waals surface area contributed by atoms with E-state index >= 15 is 0 Å². The average Bonchev–Trinajstić information content (AvgIpc) is 2.55. The van der Waals surface area contributed by atoms with Crippen molar-refractivity contribution in [3.8, 4) is 0 Å². The van der Waals surface area contributed by atoms with E-state index in [1.807, 2.05) is 24.4 Å². The largest absolute Gasteiger partial charge is 0.256 e. The Balaban J connectivity index is 0.000000136. The number of fused-ring (bicyclic) bond motifs is 2. The van der Waals surface area contributed by atoms with Gasteiger partial charge in [-0.25, -0.2) is 0 Å². The summed E-state index contributed by atoms with van der Waals surface area (Å²) in [5, 5.41) is 3.91. The maximum atomic E-state index is 4.24. The fraction of sp³-hybridized carbons (Fsp3) is 0.136. The summed E-state index contributed by atoms with van der Waals surface area (Å²) in [7, 11) is 0.